The Labute approximate surface area is 345 Å². The van der Waals surface area contributed by atoms with Crippen molar-refractivity contribution in [3.05, 3.63) is 83.7 Å². The lowest BCUT2D eigenvalue weighted by Gasteiger charge is -2.41. The minimum atomic E-state index is -1.34. The maximum atomic E-state index is 15.1. The van der Waals surface area contributed by atoms with Gasteiger partial charge < -0.3 is 51.8 Å². The molecule has 0 aliphatic carbocycles. The fourth-order valence-electron chi connectivity index (χ4n) is 6.28. The summed E-state index contributed by atoms with van der Waals surface area (Å²) in [6, 6.07) is 11.5. The van der Waals surface area contributed by atoms with Crippen LogP contribution in [0, 0.1) is 17.0 Å². The van der Waals surface area contributed by atoms with Crippen LogP contribution >= 0.6 is 11.8 Å². The highest BCUT2D eigenvalue weighted by molar-refractivity contribution is 8.00. The zero-order valence-corrected chi connectivity index (χ0v) is 34.2. The lowest BCUT2D eigenvalue weighted by Crippen LogP contribution is -2.49. The molecule has 9 N–H and O–H groups in total. The average Bonchev–Trinajstić information content (AvgIpc) is 3.59. The molecule has 0 spiro atoms. The van der Waals surface area contributed by atoms with E-state index < -0.39 is 95.6 Å². The summed E-state index contributed by atoms with van der Waals surface area (Å²) in [6.07, 6.45) is 1.28. The minimum Gasteiger partial charge on any atom is -0.480 e. The Balaban J connectivity index is 1.67. The molecule has 0 fully saturated rings. The number of carboxylic acids is 2. The van der Waals surface area contributed by atoms with Crippen LogP contribution in [-0.2, 0) is 35.3 Å². The largest absolute Gasteiger partial charge is 0.480 e. The van der Waals surface area contributed by atoms with Crippen LogP contribution in [0.5, 0.6) is 0 Å². The number of nitrogens with zero attached hydrogens (tertiary/aromatic N) is 2. The number of thioether (sulfide) groups is 1. The number of aliphatic hydroxyl groups excluding tert-OH is 1. The summed E-state index contributed by atoms with van der Waals surface area (Å²) in [7, 11) is 1.56. The van der Waals surface area contributed by atoms with E-state index in [-0.39, 0.29) is 37.4 Å². The first-order valence-corrected chi connectivity index (χ1v) is 19.8. The topological polar surface area (TPSA) is 245 Å². The highest BCUT2D eigenvalue weighted by Crippen LogP contribution is 2.41. The van der Waals surface area contributed by atoms with Gasteiger partial charge in [0, 0.05) is 61.4 Å². The molecule has 1 aromatic heterocycles. The zero-order chi connectivity index (χ0) is 43.9. The second-order valence-corrected chi connectivity index (χ2v) is 16.0. The SMILES string of the molecule is CN[C@@H](CCN(C(=O)CO)[C@@H](c1cc(-c2cc(F)ccc2F)cn1Cc1ccccc1)C(C)(C)C)C(=O)NCCNC(=O)CNC(=O)C[C@@H](SC[C@H](N)C(=O)O)C(=O)O. The Bertz CT molecular complexity index is 1930. The molecule has 0 unspecified atom stereocenters. The van der Waals surface area contributed by atoms with Crippen LogP contribution in [0.4, 0.5) is 8.78 Å². The summed E-state index contributed by atoms with van der Waals surface area (Å²) in [5.41, 5.74) is 6.67. The Morgan fingerprint density at radius 1 is 0.915 bits per heavy atom. The van der Waals surface area contributed by atoms with Crippen LogP contribution in [0.15, 0.2) is 60.8 Å². The smallest absolute Gasteiger partial charge is 0.321 e. The molecule has 59 heavy (non-hydrogen) atoms. The molecular formula is C40H53F2N7O9S. The summed E-state index contributed by atoms with van der Waals surface area (Å²) in [5.74, 6) is -6.55. The van der Waals surface area contributed by atoms with Crippen LogP contribution in [-0.4, -0.2) is 123 Å². The highest BCUT2D eigenvalue weighted by Gasteiger charge is 2.37. The van der Waals surface area contributed by atoms with Gasteiger partial charge in [-0.3, -0.25) is 28.8 Å². The minimum absolute atomic E-state index is 0.00444. The van der Waals surface area contributed by atoms with E-state index in [0.717, 1.165) is 23.8 Å². The van der Waals surface area contributed by atoms with E-state index in [4.69, 9.17) is 10.8 Å². The molecule has 0 aliphatic heterocycles. The van der Waals surface area contributed by atoms with Crippen molar-refractivity contribution in [2.24, 2.45) is 11.1 Å². The maximum absolute atomic E-state index is 15.1. The quantitative estimate of drug-likeness (QED) is 0.0637. The van der Waals surface area contributed by atoms with Crippen LogP contribution in [0.1, 0.15) is 50.9 Å². The van der Waals surface area contributed by atoms with Gasteiger partial charge in [-0.2, -0.15) is 0 Å². The molecule has 3 aromatic rings. The number of aliphatic hydroxyl groups is 1. The molecule has 1 heterocycles. The van der Waals surface area contributed by atoms with Gasteiger partial charge in [0.05, 0.1) is 18.6 Å². The molecule has 2 aromatic carbocycles. The van der Waals surface area contributed by atoms with Gasteiger partial charge in [0.15, 0.2) is 0 Å². The molecule has 19 heteroatoms. The Morgan fingerprint density at radius 3 is 2.20 bits per heavy atom. The number of amides is 4. The van der Waals surface area contributed by atoms with Crippen molar-refractivity contribution in [1.82, 2.24) is 30.7 Å². The molecule has 4 amide bonds. The molecule has 0 bridgehead atoms. The number of benzene rings is 2. The van der Waals surface area contributed by atoms with E-state index in [9.17, 15) is 43.4 Å². The van der Waals surface area contributed by atoms with Crippen molar-refractivity contribution >= 4 is 47.3 Å². The molecule has 0 saturated heterocycles. The van der Waals surface area contributed by atoms with E-state index in [1.54, 1.807) is 19.3 Å². The van der Waals surface area contributed by atoms with Gasteiger partial charge in [0.25, 0.3) is 0 Å². The van der Waals surface area contributed by atoms with Crippen molar-refractivity contribution in [2.45, 2.75) is 63.5 Å². The second kappa shape index (κ2) is 22.7. The van der Waals surface area contributed by atoms with Gasteiger partial charge in [-0.05, 0) is 48.7 Å². The molecule has 0 saturated carbocycles. The van der Waals surface area contributed by atoms with Crippen molar-refractivity contribution in [2.75, 3.05) is 45.6 Å². The molecule has 322 valence electrons. The number of carboxylic acid groups (broad SMARTS) is 2. The third-order valence-corrected chi connectivity index (χ3v) is 10.5. The second-order valence-electron chi connectivity index (χ2n) is 14.8. The number of rotatable bonds is 23. The summed E-state index contributed by atoms with van der Waals surface area (Å²) in [4.78, 5) is 75.2. The van der Waals surface area contributed by atoms with E-state index in [1.807, 2.05) is 55.7 Å². The van der Waals surface area contributed by atoms with E-state index in [1.165, 1.54) is 4.90 Å². The third-order valence-electron chi connectivity index (χ3n) is 9.19. The van der Waals surface area contributed by atoms with Gasteiger partial charge in [-0.1, -0.05) is 51.1 Å². The molecule has 0 radical (unpaired) electrons. The summed E-state index contributed by atoms with van der Waals surface area (Å²) in [6.45, 7) is 4.74. The fourth-order valence-corrected chi connectivity index (χ4v) is 7.27. The number of nitrogens with two attached hydrogens (primary N) is 1. The number of carbonyl (C=O) groups excluding carboxylic acids is 4. The van der Waals surface area contributed by atoms with Crippen molar-refractivity contribution in [3.8, 4) is 11.1 Å². The Hall–Kier alpha value is -5.37. The van der Waals surface area contributed by atoms with Gasteiger partial charge in [0.2, 0.25) is 23.6 Å². The maximum Gasteiger partial charge on any atom is 0.321 e. The Kier molecular flexibility index (Phi) is 18.5. The number of halogens is 2. The highest BCUT2D eigenvalue weighted by atomic mass is 32.2. The standard InChI is InChI=1S/C40H53F2N7O9S/c1-40(2,3)36(31-16-25(27-17-26(41)10-11-28(27)42)21-48(31)20-24-8-6-5-7-9-24)49(35(53)22-50)15-12-30(44-4)37(54)46-14-13-45-34(52)19-47-33(51)18-32(39(57)58)59-23-29(43)38(55)56/h5-11,16-17,21,29-30,32,36,44,50H,12-15,18-20,22-23,43H2,1-4H3,(H,45,52)(H,46,54)(H,47,51)(H,55,56)(H,57,58)/t29-,30-,32+,36-/m0/s1. The summed E-state index contributed by atoms with van der Waals surface area (Å²) in [5, 5.41) is 37.5. The fraction of sp³-hybridized carbons (Fsp3) is 0.450. The summed E-state index contributed by atoms with van der Waals surface area (Å²) < 4.78 is 31.3. The van der Waals surface area contributed by atoms with Gasteiger partial charge in [-0.15, -0.1) is 11.8 Å². The number of hydrogen-bond donors (Lipinski definition) is 8. The van der Waals surface area contributed by atoms with Crippen LogP contribution in [0.2, 0.25) is 0 Å². The molecule has 0 aliphatic rings. The normalized spacial score (nSPS) is 13.4. The van der Waals surface area contributed by atoms with Crippen molar-refractivity contribution < 1.29 is 52.9 Å². The predicted molar refractivity (Wildman–Crippen MR) is 217 cm³/mol. The van der Waals surface area contributed by atoms with Crippen LogP contribution < -0.4 is 27.0 Å². The van der Waals surface area contributed by atoms with Crippen molar-refractivity contribution in [1.29, 1.82) is 0 Å². The first kappa shape index (κ1) is 48.0. The molecule has 16 nitrogen and oxygen atoms in total. The number of aliphatic carboxylic acids is 2. The monoisotopic (exact) mass is 845 g/mol. The third kappa shape index (κ3) is 14.8. The number of nitrogens with one attached hydrogen (secondary N) is 4. The van der Waals surface area contributed by atoms with E-state index in [0.29, 0.717) is 29.6 Å². The predicted octanol–water partition coefficient (Wildman–Crippen LogP) is 1.70. The zero-order valence-electron chi connectivity index (χ0n) is 33.4. The number of aromatic nitrogens is 1. The lowest BCUT2D eigenvalue weighted by molar-refractivity contribution is -0.140. The first-order valence-electron chi connectivity index (χ1n) is 18.8. The van der Waals surface area contributed by atoms with Gasteiger partial charge in [0.1, 0.15) is 29.5 Å². The molecule has 3 rings (SSSR count). The van der Waals surface area contributed by atoms with Crippen LogP contribution in [0.25, 0.3) is 11.1 Å². The number of likely N-dealkylation sites (N-methyl/N-ethyl adjacent to an activating group) is 1. The average molecular weight is 846 g/mol. The lowest BCUT2D eigenvalue weighted by atomic mass is 9.82. The number of hydrogen-bond acceptors (Lipinski definition) is 10. The van der Waals surface area contributed by atoms with Crippen LogP contribution in [0.3, 0.4) is 0 Å². The molecular weight excluding hydrogens is 793 g/mol. The van der Waals surface area contributed by atoms with Crippen molar-refractivity contribution in [3.63, 3.8) is 0 Å². The first-order chi connectivity index (χ1) is 27.9. The van der Waals surface area contributed by atoms with E-state index in [2.05, 4.69) is 21.3 Å². The number of carbonyl (C=O) groups is 6. The van der Waals surface area contributed by atoms with Gasteiger partial charge in [-0.25, -0.2) is 8.78 Å². The van der Waals surface area contributed by atoms with Gasteiger partial charge >= 0.3 is 11.9 Å². The summed E-state index contributed by atoms with van der Waals surface area (Å²) >= 11 is 0.697. The van der Waals surface area contributed by atoms with E-state index >= 15 is 4.39 Å². The molecule has 4 atom stereocenters. The Morgan fingerprint density at radius 2 is 1.59 bits per heavy atom.